The van der Waals surface area contributed by atoms with E-state index in [4.69, 9.17) is 10.8 Å². The van der Waals surface area contributed by atoms with Crippen LogP contribution in [-0.4, -0.2) is 11.1 Å². The van der Waals surface area contributed by atoms with E-state index >= 15 is 0 Å². The Hall–Kier alpha value is -1.77. The van der Waals surface area contributed by atoms with E-state index in [2.05, 4.69) is 0 Å². The molecule has 1 rings (SSSR count). The van der Waals surface area contributed by atoms with E-state index in [1.807, 2.05) is 0 Å². The SMILES string of the molecule is [NH]c1ccc(C=CC(=O)O)cc1. The number of carboxylic acid groups (broad SMARTS) is 1. The van der Waals surface area contributed by atoms with Gasteiger partial charge in [0.15, 0.2) is 0 Å². The third-order valence-electron chi connectivity index (χ3n) is 1.33. The topological polar surface area (TPSA) is 61.1 Å². The number of aliphatic carboxylic acids is 1. The fraction of sp³-hybridized carbons (Fsp3) is 0. The van der Waals surface area contributed by atoms with Gasteiger partial charge in [-0.3, -0.25) is 0 Å². The van der Waals surface area contributed by atoms with E-state index in [9.17, 15) is 4.79 Å². The van der Waals surface area contributed by atoms with Gasteiger partial charge in [-0.05, 0) is 23.8 Å². The van der Waals surface area contributed by atoms with Gasteiger partial charge in [-0.15, -0.1) is 0 Å². The predicted octanol–water partition coefficient (Wildman–Crippen LogP) is 1.70. The average Bonchev–Trinajstić information content (AvgIpc) is 2.03. The molecule has 0 aliphatic heterocycles. The largest absolute Gasteiger partial charge is 0.478 e. The van der Waals surface area contributed by atoms with Crippen molar-refractivity contribution in [3.63, 3.8) is 0 Å². The first-order valence-electron chi connectivity index (χ1n) is 3.41. The highest BCUT2D eigenvalue weighted by atomic mass is 16.4. The van der Waals surface area contributed by atoms with Crippen LogP contribution >= 0.6 is 0 Å². The summed E-state index contributed by atoms with van der Waals surface area (Å²) < 4.78 is 0. The third kappa shape index (κ3) is 2.46. The van der Waals surface area contributed by atoms with Crippen molar-refractivity contribution in [3.05, 3.63) is 35.9 Å². The number of benzene rings is 1. The van der Waals surface area contributed by atoms with Crippen molar-refractivity contribution in [3.8, 4) is 0 Å². The van der Waals surface area contributed by atoms with Crippen molar-refractivity contribution in [1.82, 2.24) is 5.73 Å². The molecule has 0 amide bonds. The van der Waals surface area contributed by atoms with Gasteiger partial charge >= 0.3 is 5.97 Å². The maximum Gasteiger partial charge on any atom is 0.328 e. The first-order chi connectivity index (χ1) is 5.68. The summed E-state index contributed by atoms with van der Waals surface area (Å²) in [6.45, 7) is 0. The Morgan fingerprint density at radius 1 is 1.33 bits per heavy atom. The van der Waals surface area contributed by atoms with Crippen LogP contribution in [-0.2, 0) is 4.79 Å². The number of rotatable bonds is 2. The Balaban J connectivity index is 2.77. The summed E-state index contributed by atoms with van der Waals surface area (Å²) in [6, 6.07) is 6.62. The Labute approximate surface area is 70.1 Å². The summed E-state index contributed by atoms with van der Waals surface area (Å²) in [6.07, 6.45) is 2.56. The van der Waals surface area contributed by atoms with Crippen molar-refractivity contribution in [2.75, 3.05) is 0 Å². The zero-order chi connectivity index (χ0) is 8.97. The highest BCUT2D eigenvalue weighted by molar-refractivity contribution is 5.85. The van der Waals surface area contributed by atoms with Crippen molar-refractivity contribution in [2.24, 2.45) is 0 Å². The molecule has 0 atom stereocenters. The molecule has 1 radical (unpaired) electrons. The summed E-state index contributed by atoms with van der Waals surface area (Å²) in [5.41, 5.74) is 8.37. The lowest BCUT2D eigenvalue weighted by atomic mass is 10.2. The summed E-state index contributed by atoms with van der Waals surface area (Å²) in [5, 5.41) is 8.31. The normalized spacial score (nSPS) is 10.3. The van der Waals surface area contributed by atoms with Gasteiger partial charge in [-0.2, -0.15) is 0 Å². The molecular formula is C9H8NO2. The molecule has 0 fully saturated rings. The number of hydrogen-bond acceptors (Lipinski definition) is 1. The molecule has 0 bridgehead atoms. The molecule has 2 N–H and O–H groups in total. The Kier molecular flexibility index (Phi) is 2.48. The molecule has 0 saturated heterocycles. The van der Waals surface area contributed by atoms with Crippen LogP contribution in [0.5, 0.6) is 0 Å². The molecule has 0 spiro atoms. The van der Waals surface area contributed by atoms with E-state index < -0.39 is 5.97 Å². The van der Waals surface area contributed by atoms with E-state index in [1.165, 1.54) is 6.08 Å². The smallest absolute Gasteiger partial charge is 0.328 e. The van der Waals surface area contributed by atoms with E-state index in [0.29, 0.717) is 5.69 Å². The fourth-order valence-corrected chi connectivity index (χ4v) is 0.762. The molecule has 61 valence electrons. The van der Waals surface area contributed by atoms with Gasteiger partial charge in [0.05, 0.1) is 5.69 Å². The fourth-order valence-electron chi connectivity index (χ4n) is 0.762. The van der Waals surface area contributed by atoms with Crippen LogP contribution in [0.3, 0.4) is 0 Å². The van der Waals surface area contributed by atoms with Crippen LogP contribution in [0.1, 0.15) is 5.56 Å². The highest BCUT2D eigenvalue weighted by Crippen LogP contribution is 2.07. The number of carbonyl (C=O) groups is 1. The van der Waals surface area contributed by atoms with E-state index in [0.717, 1.165) is 11.6 Å². The standard InChI is InChI=1S/C9H8NO2/c10-8-4-1-7(2-5-8)3-6-9(11)12/h1-6,10H,(H,11,12). The Morgan fingerprint density at radius 3 is 2.42 bits per heavy atom. The van der Waals surface area contributed by atoms with Gasteiger partial charge in [0.2, 0.25) is 0 Å². The molecule has 0 unspecified atom stereocenters. The molecule has 12 heavy (non-hydrogen) atoms. The quantitative estimate of drug-likeness (QED) is 0.672. The van der Waals surface area contributed by atoms with E-state index in [1.54, 1.807) is 24.3 Å². The van der Waals surface area contributed by atoms with Crippen LogP contribution in [0.25, 0.3) is 6.08 Å². The van der Waals surface area contributed by atoms with Gasteiger partial charge in [0, 0.05) is 6.08 Å². The first kappa shape index (κ1) is 8.33. The Morgan fingerprint density at radius 2 is 1.92 bits per heavy atom. The molecular weight excluding hydrogens is 154 g/mol. The molecule has 0 heterocycles. The molecule has 1 aromatic rings. The maximum absolute atomic E-state index is 10.1. The minimum atomic E-state index is -0.968. The lowest BCUT2D eigenvalue weighted by molar-refractivity contribution is -0.131. The van der Waals surface area contributed by atoms with Crippen LogP contribution < -0.4 is 5.73 Å². The molecule has 1 aromatic carbocycles. The number of nitrogens with one attached hydrogen (secondary N) is 1. The predicted molar refractivity (Wildman–Crippen MR) is 45.9 cm³/mol. The minimum Gasteiger partial charge on any atom is -0.478 e. The lowest BCUT2D eigenvalue weighted by Gasteiger charge is -1.92. The van der Waals surface area contributed by atoms with Gasteiger partial charge < -0.3 is 10.8 Å². The zero-order valence-electron chi connectivity index (χ0n) is 6.32. The van der Waals surface area contributed by atoms with E-state index in [-0.39, 0.29) is 0 Å². The monoisotopic (exact) mass is 162 g/mol. The van der Waals surface area contributed by atoms with Gasteiger partial charge in [-0.25, -0.2) is 4.79 Å². The second-order valence-electron chi connectivity index (χ2n) is 2.29. The van der Waals surface area contributed by atoms with Crippen LogP contribution in [0.2, 0.25) is 0 Å². The molecule has 0 aliphatic rings. The van der Waals surface area contributed by atoms with Gasteiger partial charge in [0.1, 0.15) is 0 Å². The zero-order valence-corrected chi connectivity index (χ0v) is 6.32. The summed E-state index contributed by atoms with van der Waals surface area (Å²) in [5.74, 6) is -0.968. The van der Waals surface area contributed by atoms with Crippen molar-refractivity contribution in [2.45, 2.75) is 0 Å². The third-order valence-corrected chi connectivity index (χ3v) is 1.33. The van der Waals surface area contributed by atoms with Crippen molar-refractivity contribution in [1.29, 1.82) is 0 Å². The molecule has 0 aromatic heterocycles. The summed E-state index contributed by atoms with van der Waals surface area (Å²) in [7, 11) is 0. The molecule has 0 aliphatic carbocycles. The molecule has 3 heteroatoms. The molecule has 3 nitrogen and oxygen atoms in total. The van der Waals surface area contributed by atoms with Gasteiger partial charge in [0.25, 0.3) is 0 Å². The van der Waals surface area contributed by atoms with Crippen LogP contribution in [0.4, 0.5) is 5.69 Å². The Bertz CT molecular complexity index is 301. The van der Waals surface area contributed by atoms with Crippen LogP contribution in [0, 0.1) is 0 Å². The molecule has 0 saturated carbocycles. The minimum absolute atomic E-state index is 0.419. The lowest BCUT2D eigenvalue weighted by Crippen LogP contribution is -1.85. The first-order valence-corrected chi connectivity index (χ1v) is 3.41. The summed E-state index contributed by atoms with van der Waals surface area (Å²) in [4.78, 5) is 10.1. The average molecular weight is 162 g/mol. The van der Waals surface area contributed by atoms with Crippen molar-refractivity contribution >= 4 is 17.7 Å². The van der Waals surface area contributed by atoms with Gasteiger partial charge in [-0.1, -0.05) is 12.1 Å². The summed E-state index contributed by atoms with van der Waals surface area (Å²) >= 11 is 0. The number of hydrogen-bond donors (Lipinski definition) is 1. The number of carboxylic acids is 1. The van der Waals surface area contributed by atoms with Crippen molar-refractivity contribution < 1.29 is 9.90 Å². The second-order valence-corrected chi connectivity index (χ2v) is 2.29. The maximum atomic E-state index is 10.1. The highest BCUT2D eigenvalue weighted by Gasteiger charge is 1.88. The second kappa shape index (κ2) is 3.57. The van der Waals surface area contributed by atoms with Crippen LogP contribution in [0.15, 0.2) is 30.3 Å².